The lowest BCUT2D eigenvalue weighted by Crippen LogP contribution is -2.40. The van der Waals surface area contributed by atoms with E-state index in [9.17, 15) is 14.0 Å². The average molecular weight is 334 g/mol. The predicted molar refractivity (Wildman–Crippen MR) is 92.0 cm³/mol. The molecule has 1 aliphatic rings. The van der Waals surface area contributed by atoms with Crippen molar-refractivity contribution in [3.05, 3.63) is 35.6 Å². The zero-order chi connectivity index (χ0) is 17.5. The number of carbonyl (C=O) groups excluding carboxylic acids is 2. The molecule has 0 N–H and O–H groups in total. The summed E-state index contributed by atoms with van der Waals surface area (Å²) in [7, 11) is 0. The molecule has 1 aromatic carbocycles. The second-order valence-electron chi connectivity index (χ2n) is 6.38. The molecule has 0 bridgehead atoms. The van der Waals surface area contributed by atoms with Gasteiger partial charge in [0.05, 0.1) is 6.42 Å². The van der Waals surface area contributed by atoms with Gasteiger partial charge in [0.25, 0.3) is 0 Å². The second-order valence-corrected chi connectivity index (χ2v) is 6.38. The molecule has 1 saturated heterocycles. The first-order chi connectivity index (χ1) is 11.5. The van der Waals surface area contributed by atoms with Crippen molar-refractivity contribution in [2.24, 2.45) is 5.92 Å². The third-order valence-corrected chi connectivity index (χ3v) is 4.74. The van der Waals surface area contributed by atoms with Gasteiger partial charge in [0.15, 0.2) is 0 Å². The molecular formula is C19H27FN2O2. The van der Waals surface area contributed by atoms with E-state index in [2.05, 4.69) is 0 Å². The molecule has 0 radical (unpaired) electrons. The van der Waals surface area contributed by atoms with E-state index >= 15 is 0 Å². The van der Waals surface area contributed by atoms with Crippen molar-refractivity contribution in [3.63, 3.8) is 0 Å². The van der Waals surface area contributed by atoms with Crippen LogP contribution in [-0.4, -0.2) is 47.8 Å². The maximum absolute atomic E-state index is 13.2. The van der Waals surface area contributed by atoms with Crippen LogP contribution < -0.4 is 0 Å². The number of benzene rings is 1. The second kappa shape index (κ2) is 8.81. The number of halogens is 1. The monoisotopic (exact) mass is 334 g/mol. The minimum Gasteiger partial charge on any atom is -0.341 e. The fraction of sp³-hybridized carbons (Fsp3) is 0.579. The summed E-state index contributed by atoms with van der Waals surface area (Å²) in [5, 5.41) is 0. The maximum Gasteiger partial charge on any atom is 0.227 e. The van der Waals surface area contributed by atoms with Crippen molar-refractivity contribution >= 4 is 11.8 Å². The van der Waals surface area contributed by atoms with Gasteiger partial charge >= 0.3 is 0 Å². The van der Waals surface area contributed by atoms with Crippen LogP contribution >= 0.6 is 0 Å². The molecule has 5 heteroatoms. The number of rotatable bonds is 5. The van der Waals surface area contributed by atoms with Gasteiger partial charge in [-0.25, -0.2) is 4.39 Å². The molecule has 1 fully saturated rings. The van der Waals surface area contributed by atoms with Gasteiger partial charge in [-0.05, 0) is 37.0 Å². The van der Waals surface area contributed by atoms with Crippen molar-refractivity contribution in [1.82, 2.24) is 9.80 Å². The van der Waals surface area contributed by atoms with Crippen LogP contribution in [0, 0.1) is 11.7 Å². The standard InChI is InChI=1S/C19H27FN2O2/c1-3-16(4-2)19(24)22-10-6-9-21(11-12-22)18(23)14-15-7-5-8-17(20)13-15/h5,7-8,13,16H,3-4,6,9-12,14H2,1-2H3. The Morgan fingerprint density at radius 1 is 1.08 bits per heavy atom. The normalized spacial score (nSPS) is 15.5. The lowest BCUT2D eigenvalue weighted by atomic mass is 10.0. The zero-order valence-corrected chi connectivity index (χ0v) is 14.6. The van der Waals surface area contributed by atoms with E-state index in [1.54, 1.807) is 17.0 Å². The highest BCUT2D eigenvalue weighted by Crippen LogP contribution is 2.15. The van der Waals surface area contributed by atoms with E-state index in [-0.39, 0.29) is 30.0 Å². The van der Waals surface area contributed by atoms with Gasteiger partial charge in [0.2, 0.25) is 11.8 Å². The van der Waals surface area contributed by atoms with Gasteiger partial charge in [-0.1, -0.05) is 26.0 Å². The molecule has 4 nitrogen and oxygen atoms in total. The van der Waals surface area contributed by atoms with Gasteiger partial charge in [-0.3, -0.25) is 9.59 Å². The van der Waals surface area contributed by atoms with E-state index in [0.717, 1.165) is 19.3 Å². The van der Waals surface area contributed by atoms with Crippen molar-refractivity contribution in [3.8, 4) is 0 Å². The molecule has 1 aliphatic heterocycles. The first-order valence-corrected chi connectivity index (χ1v) is 8.86. The lowest BCUT2D eigenvalue weighted by Gasteiger charge is -2.25. The van der Waals surface area contributed by atoms with Gasteiger partial charge in [-0.2, -0.15) is 0 Å². The summed E-state index contributed by atoms with van der Waals surface area (Å²) in [6, 6.07) is 6.16. The molecular weight excluding hydrogens is 307 g/mol. The van der Waals surface area contributed by atoms with Crippen molar-refractivity contribution < 1.29 is 14.0 Å². The first kappa shape index (κ1) is 18.4. The van der Waals surface area contributed by atoms with Crippen molar-refractivity contribution in [2.45, 2.75) is 39.5 Å². The molecule has 1 aromatic rings. The van der Waals surface area contributed by atoms with E-state index in [0.29, 0.717) is 31.7 Å². The summed E-state index contributed by atoms with van der Waals surface area (Å²) >= 11 is 0. The average Bonchev–Trinajstić information content (AvgIpc) is 2.82. The third-order valence-electron chi connectivity index (χ3n) is 4.74. The Morgan fingerprint density at radius 2 is 1.75 bits per heavy atom. The van der Waals surface area contributed by atoms with Crippen LogP contribution in [0.5, 0.6) is 0 Å². The molecule has 0 atom stereocenters. The summed E-state index contributed by atoms with van der Waals surface area (Å²) in [5.74, 6) is -0.0329. The molecule has 0 aromatic heterocycles. The Labute approximate surface area is 143 Å². The quantitative estimate of drug-likeness (QED) is 0.831. The van der Waals surface area contributed by atoms with Crippen LogP contribution in [0.2, 0.25) is 0 Å². The van der Waals surface area contributed by atoms with Crippen LogP contribution in [-0.2, 0) is 16.0 Å². The molecule has 24 heavy (non-hydrogen) atoms. The van der Waals surface area contributed by atoms with Crippen LogP contribution in [0.1, 0.15) is 38.7 Å². The Balaban J connectivity index is 1.92. The fourth-order valence-corrected chi connectivity index (χ4v) is 3.22. The highest BCUT2D eigenvalue weighted by atomic mass is 19.1. The smallest absolute Gasteiger partial charge is 0.227 e. The first-order valence-electron chi connectivity index (χ1n) is 8.86. The Bertz CT molecular complexity index is 572. The van der Waals surface area contributed by atoms with E-state index in [4.69, 9.17) is 0 Å². The predicted octanol–water partition coefficient (Wildman–Crippen LogP) is 2.87. The summed E-state index contributed by atoms with van der Waals surface area (Å²) < 4.78 is 13.2. The van der Waals surface area contributed by atoms with E-state index < -0.39 is 0 Å². The van der Waals surface area contributed by atoms with Crippen LogP contribution in [0.3, 0.4) is 0 Å². The third kappa shape index (κ3) is 4.79. The van der Waals surface area contributed by atoms with Crippen molar-refractivity contribution in [1.29, 1.82) is 0 Å². The van der Waals surface area contributed by atoms with Crippen LogP contribution in [0.4, 0.5) is 4.39 Å². The van der Waals surface area contributed by atoms with Crippen LogP contribution in [0.15, 0.2) is 24.3 Å². The Kier molecular flexibility index (Phi) is 6.76. The summed E-state index contributed by atoms with van der Waals surface area (Å²) in [5.41, 5.74) is 0.689. The summed E-state index contributed by atoms with van der Waals surface area (Å²) in [4.78, 5) is 28.6. The van der Waals surface area contributed by atoms with E-state index in [1.165, 1.54) is 12.1 Å². The Morgan fingerprint density at radius 3 is 2.42 bits per heavy atom. The summed E-state index contributed by atoms with van der Waals surface area (Å²) in [6.07, 6.45) is 2.71. The molecule has 0 aliphatic carbocycles. The molecule has 0 spiro atoms. The van der Waals surface area contributed by atoms with Crippen LogP contribution in [0.25, 0.3) is 0 Å². The maximum atomic E-state index is 13.2. The molecule has 0 saturated carbocycles. The number of nitrogens with zero attached hydrogens (tertiary/aromatic N) is 2. The highest BCUT2D eigenvalue weighted by Gasteiger charge is 2.25. The SMILES string of the molecule is CCC(CC)C(=O)N1CCCN(C(=O)Cc2cccc(F)c2)CC1. The molecule has 0 unspecified atom stereocenters. The number of carbonyl (C=O) groups is 2. The lowest BCUT2D eigenvalue weighted by molar-refractivity contribution is -0.136. The molecule has 2 amide bonds. The minimum absolute atomic E-state index is 0.00238. The number of amides is 2. The fourth-order valence-electron chi connectivity index (χ4n) is 3.22. The minimum atomic E-state index is -0.321. The molecule has 1 heterocycles. The molecule has 2 rings (SSSR count). The molecule has 132 valence electrons. The van der Waals surface area contributed by atoms with Gasteiger partial charge < -0.3 is 9.80 Å². The Hall–Kier alpha value is -1.91. The van der Waals surface area contributed by atoms with Gasteiger partial charge in [0, 0.05) is 32.1 Å². The van der Waals surface area contributed by atoms with E-state index in [1.807, 2.05) is 18.7 Å². The van der Waals surface area contributed by atoms with Gasteiger partial charge in [-0.15, -0.1) is 0 Å². The summed E-state index contributed by atoms with van der Waals surface area (Å²) in [6.45, 7) is 6.58. The number of hydrogen-bond donors (Lipinski definition) is 0. The highest BCUT2D eigenvalue weighted by molar-refractivity contribution is 5.80. The zero-order valence-electron chi connectivity index (χ0n) is 14.6. The largest absolute Gasteiger partial charge is 0.341 e. The van der Waals surface area contributed by atoms with Crippen molar-refractivity contribution in [2.75, 3.05) is 26.2 Å². The number of hydrogen-bond acceptors (Lipinski definition) is 2. The van der Waals surface area contributed by atoms with Gasteiger partial charge in [0.1, 0.15) is 5.82 Å². The topological polar surface area (TPSA) is 40.6 Å².